The number of imidazole rings is 1. The number of alkyl halides is 3. The van der Waals surface area contributed by atoms with Gasteiger partial charge in [-0.05, 0) is 32.9 Å². The Balaban J connectivity index is 2.51. The minimum absolute atomic E-state index is 0.281. The van der Waals surface area contributed by atoms with Gasteiger partial charge >= 0.3 is 6.18 Å². The predicted octanol–water partition coefficient (Wildman–Crippen LogP) is 3.91. The summed E-state index contributed by atoms with van der Waals surface area (Å²) in [5.74, 6) is 0.358. The molecule has 0 spiro atoms. The second kappa shape index (κ2) is 4.54. The number of anilines is 1. The Morgan fingerprint density at radius 3 is 2.30 bits per heavy atom. The lowest BCUT2D eigenvalue weighted by atomic mass is 10.1. The fourth-order valence-electron chi connectivity index (χ4n) is 1.96. The molecule has 0 aliphatic heterocycles. The van der Waals surface area contributed by atoms with Gasteiger partial charge in [0.15, 0.2) is 0 Å². The zero-order valence-corrected chi connectivity index (χ0v) is 11.5. The fraction of sp³-hybridized carbons (Fsp3) is 0.357. The molecule has 1 aromatic carbocycles. The monoisotopic (exact) mass is 283 g/mol. The van der Waals surface area contributed by atoms with Crippen molar-refractivity contribution >= 4 is 5.82 Å². The molecular formula is C14H16F3N3. The molecule has 0 fully saturated rings. The summed E-state index contributed by atoms with van der Waals surface area (Å²) in [5.41, 5.74) is 5.74. The molecule has 0 bridgehead atoms. The van der Waals surface area contributed by atoms with E-state index in [0.717, 1.165) is 12.1 Å². The summed E-state index contributed by atoms with van der Waals surface area (Å²) >= 11 is 0. The summed E-state index contributed by atoms with van der Waals surface area (Å²) in [6.45, 7) is 5.84. The number of nitrogen functional groups attached to an aromatic ring is 1. The summed E-state index contributed by atoms with van der Waals surface area (Å²) < 4.78 is 39.9. The third kappa shape index (κ3) is 2.64. The third-order valence-corrected chi connectivity index (χ3v) is 2.99. The Bertz CT molecular complexity index is 621. The first-order chi connectivity index (χ1) is 9.10. The molecule has 0 saturated carbocycles. The van der Waals surface area contributed by atoms with Crippen LogP contribution in [0.3, 0.4) is 0 Å². The molecule has 3 nitrogen and oxygen atoms in total. The van der Waals surface area contributed by atoms with Crippen LogP contribution in [0.2, 0.25) is 0 Å². The molecule has 0 atom stereocenters. The Hall–Kier alpha value is -1.98. The molecule has 1 aromatic heterocycles. The standard InChI is InChI=1S/C14H16F3N3/c1-13(2,3)20-8-19-11(12(20)18)9-5-4-6-10(7-9)14(15,16)17/h4-8H,18H2,1-3H3. The van der Waals surface area contributed by atoms with Crippen molar-refractivity contribution in [1.29, 1.82) is 0 Å². The minimum atomic E-state index is -4.38. The fourth-order valence-corrected chi connectivity index (χ4v) is 1.96. The molecule has 0 saturated heterocycles. The van der Waals surface area contributed by atoms with Crippen LogP contribution < -0.4 is 5.73 Å². The number of aromatic nitrogens is 2. The first kappa shape index (κ1) is 14.4. The van der Waals surface area contributed by atoms with Gasteiger partial charge in [-0.15, -0.1) is 0 Å². The van der Waals surface area contributed by atoms with E-state index in [4.69, 9.17) is 5.73 Å². The second-order valence-corrected chi connectivity index (χ2v) is 5.60. The smallest absolute Gasteiger partial charge is 0.383 e. The van der Waals surface area contributed by atoms with Crippen LogP contribution in [0, 0.1) is 0 Å². The van der Waals surface area contributed by atoms with Crippen molar-refractivity contribution in [2.24, 2.45) is 0 Å². The summed E-state index contributed by atoms with van der Waals surface area (Å²) in [6.07, 6.45) is -2.83. The van der Waals surface area contributed by atoms with Crippen LogP contribution in [0.15, 0.2) is 30.6 Å². The summed E-state index contributed by atoms with van der Waals surface area (Å²) in [4.78, 5) is 4.15. The normalized spacial score (nSPS) is 12.7. The lowest BCUT2D eigenvalue weighted by Crippen LogP contribution is -2.22. The van der Waals surface area contributed by atoms with Gasteiger partial charge in [-0.2, -0.15) is 13.2 Å². The van der Waals surface area contributed by atoms with E-state index in [9.17, 15) is 13.2 Å². The number of nitrogens with zero attached hydrogens (tertiary/aromatic N) is 2. The first-order valence-electron chi connectivity index (χ1n) is 6.11. The molecule has 0 aliphatic carbocycles. The molecular weight excluding hydrogens is 267 g/mol. The molecule has 20 heavy (non-hydrogen) atoms. The average Bonchev–Trinajstić information content (AvgIpc) is 2.70. The van der Waals surface area contributed by atoms with Crippen LogP contribution in [-0.4, -0.2) is 9.55 Å². The zero-order chi connectivity index (χ0) is 15.1. The van der Waals surface area contributed by atoms with E-state index < -0.39 is 11.7 Å². The van der Waals surface area contributed by atoms with Gasteiger partial charge in [0.2, 0.25) is 0 Å². The van der Waals surface area contributed by atoms with Crippen molar-refractivity contribution in [3.05, 3.63) is 36.2 Å². The summed E-state index contributed by atoms with van der Waals surface area (Å²) in [6, 6.07) is 5.01. The van der Waals surface area contributed by atoms with E-state index in [1.54, 1.807) is 17.0 Å². The highest BCUT2D eigenvalue weighted by atomic mass is 19.4. The van der Waals surface area contributed by atoms with Crippen LogP contribution in [0.25, 0.3) is 11.3 Å². The SMILES string of the molecule is CC(C)(C)n1cnc(-c2cccc(C(F)(F)F)c2)c1N. The van der Waals surface area contributed by atoms with E-state index in [1.165, 1.54) is 6.07 Å². The number of benzene rings is 1. The van der Waals surface area contributed by atoms with E-state index in [1.807, 2.05) is 20.8 Å². The van der Waals surface area contributed by atoms with Crippen LogP contribution in [0.5, 0.6) is 0 Å². The van der Waals surface area contributed by atoms with Gasteiger partial charge in [0, 0.05) is 11.1 Å². The van der Waals surface area contributed by atoms with Crippen molar-refractivity contribution in [2.45, 2.75) is 32.5 Å². The molecule has 0 amide bonds. The molecule has 0 unspecified atom stereocenters. The maximum Gasteiger partial charge on any atom is 0.416 e. The maximum absolute atomic E-state index is 12.7. The van der Waals surface area contributed by atoms with E-state index in [2.05, 4.69) is 4.98 Å². The van der Waals surface area contributed by atoms with Crippen molar-refractivity contribution < 1.29 is 13.2 Å². The molecule has 2 rings (SSSR count). The van der Waals surface area contributed by atoms with Crippen LogP contribution >= 0.6 is 0 Å². The van der Waals surface area contributed by atoms with Crippen molar-refractivity contribution in [3.63, 3.8) is 0 Å². The van der Waals surface area contributed by atoms with E-state index >= 15 is 0 Å². The van der Waals surface area contributed by atoms with Gasteiger partial charge < -0.3 is 10.3 Å². The topological polar surface area (TPSA) is 43.8 Å². The van der Waals surface area contributed by atoms with Gasteiger partial charge in [-0.1, -0.05) is 12.1 Å². The molecule has 108 valence electrons. The molecule has 0 radical (unpaired) electrons. The Labute approximate surface area is 115 Å². The van der Waals surface area contributed by atoms with Gasteiger partial charge in [0.25, 0.3) is 0 Å². The Kier molecular flexibility index (Phi) is 3.28. The van der Waals surface area contributed by atoms with Crippen molar-refractivity contribution in [1.82, 2.24) is 9.55 Å². The number of rotatable bonds is 1. The van der Waals surface area contributed by atoms with Gasteiger partial charge in [-0.25, -0.2) is 4.98 Å². The van der Waals surface area contributed by atoms with E-state index in [0.29, 0.717) is 17.1 Å². The van der Waals surface area contributed by atoms with Gasteiger partial charge in [0.1, 0.15) is 11.5 Å². The number of hydrogen-bond donors (Lipinski definition) is 1. The molecule has 0 aliphatic rings. The molecule has 2 aromatic rings. The number of halogens is 3. The summed E-state index contributed by atoms with van der Waals surface area (Å²) in [5, 5.41) is 0. The van der Waals surface area contributed by atoms with Gasteiger partial charge in [-0.3, -0.25) is 0 Å². The Morgan fingerprint density at radius 1 is 1.15 bits per heavy atom. The lowest BCUT2D eigenvalue weighted by molar-refractivity contribution is -0.137. The molecule has 2 N–H and O–H groups in total. The van der Waals surface area contributed by atoms with Crippen LogP contribution in [-0.2, 0) is 11.7 Å². The highest BCUT2D eigenvalue weighted by Gasteiger charge is 2.31. The quantitative estimate of drug-likeness (QED) is 0.862. The molecule has 6 heteroatoms. The van der Waals surface area contributed by atoms with Crippen LogP contribution in [0.4, 0.5) is 19.0 Å². The second-order valence-electron chi connectivity index (χ2n) is 5.60. The van der Waals surface area contributed by atoms with Crippen molar-refractivity contribution in [2.75, 3.05) is 5.73 Å². The Morgan fingerprint density at radius 2 is 1.80 bits per heavy atom. The lowest BCUT2D eigenvalue weighted by Gasteiger charge is -2.22. The number of hydrogen-bond acceptors (Lipinski definition) is 2. The maximum atomic E-state index is 12.7. The third-order valence-electron chi connectivity index (χ3n) is 2.99. The average molecular weight is 283 g/mol. The predicted molar refractivity (Wildman–Crippen MR) is 72.1 cm³/mol. The summed E-state index contributed by atoms with van der Waals surface area (Å²) in [7, 11) is 0. The highest BCUT2D eigenvalue weighted by molar-refractivity contribution is 5.71. The van der Waals surface area contributed by atoms with Crippen LogP contribution in [0.1, 0.15) is 26.3 Å². The van der Waals surface area contributed by atoms with E-state index in [-0.39, 0.29) is 5.54 Å². The largest absolute Gasteiger partial charge is 0.416 e. The number of nitrogens with two attached hydrogens (primary N) is 1. The minimum Gasteiger partial charge on any atom is -0.383 e. The zero-order valence-electron chi connectivity index (χ0n) is 11.5. The highest BCUT2D eigenvalue weighted by Crippen LogP contribution is 2.34. The van der Waals surface area contributed by atoms with Crippen molar-refractivity contribution in [3.8, 4) is 11.3 Å². The van der Waals surface area contributed by atoms with Gasteiger partial charge in [0.05, 0.1) is 11.9 Å². The first-order valence-corrected chi connectivity index (χ1v) is 6.11. The molecule has 1 heterocycles.